The highest BCUT2D eigenvalue weighted by Gasteiger charge is 2.23. The molecule has 0 spiro atoms. The van der Waals surface area contributed by atoms with Crippen molar-refractivity contribution in [1.82, 2.24) is 0 Å². The van der Waals surface area contributed by atoms with E-state index in [-0.39, 0.29) is 0 Å². The van der Waals surface area contributed by atoms with Crippen molar-refractivity contribution in [2.75, 3.05) is 5.32 Å². The first-order valence-electron chi connectivity index (χ1n) is 5.65. The number of nitriles is 1. The lowest BCUT2D eigenvalue weighted by molar-refractivity contribution is 0.642. The van der Waals surface area contributed by atoms with Gasteiger partial charge in [0.05, 0.1) is 11.3 Å². The van der Waals surface area contributed by atoms with Gasteiger partial charge in [-0.25, -0.2) is 0 Å². The Labute approximate surface area is 105 Å². The Morgan fingerprint density at radius 2 is 2.31 bits per heavy atom. The van der Waals surface area contributed by atoms with Gasteiger partial charge in [-0.05, 0) is 37.5 Å². The van der Waals surface area contributed by atoms with Crippen LogP contribution in [0.25, 0.3) is 0 Å². The van der Waals surface area contributed by atoms with Crippen LogP contribution in [0.5, 0.6) is 0 Å². The Hall–Kier alpha value is -1.01. The lowest BCUT2D eigenvalue weighted by atomic mass is 10.1. The molecule has 1 fully saturated rings. The van der Waals surface area contributed by atoms with Gasteiger partial charge in [0.15, 0.2) is 0 Å². The second kappa shape index (κ2) is 4.88. The SMILES string of the molecule is CC(CC1CC1)Nc1ccc(Br)cc1C#N. The smallest absolute Gasteiger partial charge is 0.101 e. The maximum atomic E-state index is 9.04. The largest absolute Gasteiger partial charge is 0.382 e. The third kappa shape index (κ3) is 2.99. The van der Waals surface area contributed by atoms with Gasteiger partial charge in [0.25, 0.3) is 0 Å². The fraction of sp³-hybridized carbons (Fsp3) is 0.462. The van der Waals surface area contributed by atoms with Crippen molar-refractivity contribution in [2.24, 2.45) is 5.92 Å². The molecule has 1 saturated carbocycles. The molecule has 0 bridgehead atoms. The van der Waals surface area contributed by atoms with Gasteiger partial charge in [0.2, 0.25) is 0 Å². The normalized spacial score (nSPS) is 16.6. The van der Waals surface area contributed by atoms with Crippen LogP contribution in [0.15, 0.2) is 22.7 Å². The quantitative estimate of drug-likeness (QED) is 0.906. The first kappa shape index (κ1) is 11.5. The number of benzene rings is 1. The topological polar surface area (TPSA) is 35.8 Å². The molecule has 16 heavy (non-hydrogen) atoms. The van der Waals surface area contributed by atoms with Crippen molar-refractivity contribution in [3.05, 3.63) is 28.2 Å². The molecule has 1 unspecified atom stereocenters. The van der Waals surface area contributed by atoms with Crippen LogP contribution in [0.3, 0.4) is 0 Å². The van der Waals surface area contributed by atoms with Crippen molar-refractivity contribution >= 4 is 21.6 Å². The maximum absolute atomic E-state index is 9.04. The second-order valence-electron chi connectivity index (χ2n) is 4.53. The number of rotatable bonds is 4. The molecule has 0 aromatic heterocycles. The van der Waals surface area contributed by atoms with Crippen molar-refractivity contribution in [3.63, 3.8) is 0 Å². The van der Waals surface area contributed by atoms with Crippen LogP contribution in [0.4, 0.5) is 5.69 Å². The van der Waals surface area contributed by atoms with E-state index in [2.05, 4.69) is 34.2 Å². The van der Waals surface area contributed by atoms with Crippen LogP contribution in [0.2, 0.25) is 0 Å². The third-order valence-electron chi connectivity index (χ3n) is 2.89. The van der Waals surface area contributed by atoms with Crippen LogP contribution in [-0.4, -0.2) is 6.04 Å². The zero-order valence-electron chi connectivity index (χ0n) is 9.33. The molecule has 1 atom stereocenters. The molecule has 1 aliphatic carbocycles. The highest BCUT2D eigenvalue weighted by molar-refractivity contribution is 9.10. The summed E-state index contributed by atoms with van der Waals surface area (Å²) in [6, 6.07) is 8.45. The van der Waals surface area contributed by atoms with Crippen LogP contribution in [0, 0.1) is 17.2 Å². The summed E-state index contributed by atoms with van der Waals surface area (Å²) >= 11 is 3.37. The lowest BCUT2D eigenvalue weighted by Gasteiger charge is -2.15. The first-order chi connectivity index (χ1) is 7.69. The Kier molecular flexibility index (Phi) is 3.50. The van der Waals surface area contributed by atoms with E-state index in [4.69, 9.17) is 5.26 Å². The predicted octanol–water partition coefficient (Wildman–Crippen LogP) is 3.92. The van der Waals surface area contributed by atoms with Gasteiger partial charge in [-0.15, -0.1) is 0 Å². The van der Waals surface area contributed by atoms with E-state index in [1.165, 1.54) is 19.3 Å². The van der Waals surface area contributed by atoms with Gasteiger partial charge in [-0.2, -0.15) is 5.26 Å². The zero-order chi connectivity index (χ0) is 11.5. The number of hydrogen-bond acceptors (Lipinski definition) is 2. The van der Waals surface area contributed by atoms with Gasteiger partial charge in [-0.3, -0.25) is 0 Å². The fourth-order valence-corrected chi connectivity index (χ4v) is 2.27. The van der Waals surface area contributed by atoms with E-state index >= 15 is 0 Å². The van der Waals surface area contributed by atoms with Crippen molar-refractivity contribution < 1.29 is 0 Å². The number of hydrogen-bond donors (Lipinski definition) is 1. The molecule has 1 aromatic rings. The van der Waals surface area contributed by atoms with Gasteiger partial charge in [0, 0.05) is 10.5 Å². The number of nitrogens with one attached hydrogen (secondary N) is 1. The Morgan fingerprint density at radius 3 is 2.94 bits per heavy atom. The second-order valence-corrected chi connectivity index (χ2v) is 5.44. The number of nitrogens with zero attached hydrogens (tertiary/aromatic N) is 1. The Bertz CT molecular complexity index is 418. The molecule has 1 aliphatic rings. The molecule has 3 heteroatoms. The molecule has 2 rings (SSSR count). The lowest BCUT2D eigenvalue weighted by Crippen LogP contribution is -2.16. The third-order valence-corrected chi connectivity index (χ3v) is 3.38. The molecule has 0 radical (unpaired) electrons. The predicted molar refractivity (Wildman–Crippen MR) is 69.3 cm³/mol. The van der Waals surface area contributed by atoms with E-state index in [9.17, 15) is 0 Å². The number of anilines is 1. The summed E-state index contributed by atoms with van der Waals surface area (Å²) in [4.78, 5) is 0. The van der Waals surface area contributed by atoms with Crippen molar-refractivity contribution in [2.45, 2.75) is 32.2 Å². The van der Waals surface area contributed by atoms with E-state index in [0.717, 1.165) is 16.1 Å². The highest BCUT2D eigenvalue weighted by atomic mass is 79.9. The monoisotopic (exact) mass is 278 g/mol. The van der Waals surface area contributed by atoms with E-state index in [1.54, 1.807) is 0 Å². The molecule has 0 heterocycles. The maximum Gasteiger partial charge on any atom is 0.101 e. The van der Waals surface area contributed by atoms with Gasteiger partial charge in [-0.1, -0.05) is 28.8 Å². The van der Waals surface area contributed by atoms with Gasteiger partial charge < -0.3 is 5.32 Å². The summed E-state index contributed by atoms with van der Waals surface area (Å²) < 4.78 is 0.949. The molecule has 0 saturated heterocycles. The van der Waals surface area contributed by atoms with E-state index in [1.807, 2.05) is 18.2 Å². The minimum absolute atomic E-state index is 0.445. The van der Waals surface area contributed by atoms with Gasteiger partial charge >= 0.3 is 0 Å². The molecule has 0 amide bonds. The molecule has 2 nitrogen and oxygen atoms in total. The van der Waals surface area contributed by atoms with Crippen LogP contribution >= 0.6 is 15.9 Å². The van der Waals surface area contributed by atoms with Gasteiger partial charge in [0.1, 0.15) is 6.07 Å². The standard InChI is InChI=1S/C13H15BrN2/c1-9(6-10-2-3-10)16-13-5-4-12(14)7-11(13)8-15/h4-5,7,9-10,16H,2-3,6H2,1H3. The minimum Gasteiger partial charge on any atom is -0.382 e. The summed E-state index contributed by atoms with van der Waals surface area (Å²) in [5.74, 6) is 0.906. The van der Waals surface area contributed by atoms with Crippen LogP contribution in [-0.2, 0) is 0 Å². The summed E-state index contributed by atoms with van der Waals surface area (Å²) in [5.41, 5.74) is 1.65. The molecular formula is C13H15BrN2. The minimum atomic E-state index is 0.445. The van der Waals surface area contributed by atoms with Crippen molar-refractivity contribution in [1.29, 1.82) is 5.26 Å². The molecule has 1 aromatic carbocycles. The Morgan fingerprint density at radius 1 is 1.56 bits per heavy atom. The average Bonchev–Trinajstić information content (AvgIpc) is 3.04. The van der Waals surface area contributed by atoms with Crippen LogP contribution < -0.4 is 5.32 Å². The van der Waals surface area contributed by atoms with Crippen LogP contribution in [0.1, 0.15) is 31.7 Å². The average molecular weight is 279 g/mol. The summed E-state index contributed by atoms with van der Waals surface area (Å²) in [7, 11) is 0. The first-order valence-corrected chi connectivity index (χ1v) is 6.44. The Balaban J connectivity index is 2.04. The zero-order valence-corrected chi connectivity index (χ0v) is 10.9. The summed E-state index contributed by atoms with van der Waals surface area (Å²) in [5, 5.41) is 12.5. The molecule has 0 aliphatic heterocycles. The molecule has 1 N–H and O–H groups in total. The summed E-state index contributed by atoms with van der Waals surface area (Å²) in [6.07, 6.45) is 3.95. The summed E-state index contributed by atoms with van der Waals surface area (Å²) in [6.45, 7) is 2.18. The molecule has 84 valence electrons. The van der Waals surface area contributed by atoms with E-state index < -0.39 is 0 Å². The highest BCUT2D eigenvalue weighted by Crippen LogP contribution is 2.34. The van der Waals surface area contributed by atoms with E-state index in [0.29, 0.717) is 11.6 Å². The van der Waals surface area contributed by atoms with Crippen molar-refractivity contribution in [3.8, 4) is 6.07 Å². The molecular weight excluding hydrogens is 264 g/mol. The number of halogens is 1. The fourth-order valence-electron chi connectivity index (χ4n) is 1.91.